The number of hydrogen-bond acceptors (Lipinski definition) is 2. The summed E-state index contributed by atoms with van der Waals surface area (Å²) in [7, 11) is 3.17. The summed E-state index contributed by atoms with van der Waals surface area (Å²) in [4.78, 5) is 0. The van der Waals surface area contributed by atoms with E-state index < -0.39 is 0 Å². The summed E-state index contributed by atoms with van der Waals surface area (Å²) in [5, 5.41) is 0. The van der Waals surface area contributed by atoms with Gasteiger partial charge in [-0.1, -0.05) is 0 Å². The van der Waals surface area contributed by atoms with Gasteiger partial charge in [-0.15, -0.1) is 0 Å². The van der Waals surface area contributed by atoms with Gasteiger partial charge in [0.05, 0.1) is 0 Å². The Bertz CT molecular complexity index is 20.4. The van der Waals surface area contributed by atoms with Crippen LogP contribution in [-0.2, 0) is 9.47 Å². The topological polar surface area (TPSA) is 18.5 Å². The van der Waals surface area contributed by atoms with Gasteiger partial charge in [0.2, 0.25) is 0 Å². The molecule has 34 valence electrons. The van der Waals surface area contributed by atoms with Gasteiger partial charge in [0.15, 0.2) is 0 Å². The van der Waals surface area contributed by atoms with Crippen molar-refractivity contribution >= 4 is 0 Å². The van der Waals surface area contributed by atoms with Crippen LogP contribution in [-0.4, -0.2) is 21.0 Å². The van der Waals surface area contributed by atoms with Crippen molar-refractivity contribution in [3.8, 4) is 0 Å². The molecule has 0 radical (unpaired) electrons. The van der Waals surface area contributed by atoms with E-state index in [0.29, 0.717) is 6.79 Å². The van der Waals surface area contributed by atoms with Crippen molar-refractivity contribution < 1.29 is 40.5 Å². The Morgan fingerprint density at radius 2 is 1.67 bits per heavy atom. The SMILES string of the molecule is COCOC.[H-].[Na+]. The molecular formula is C3H9NaO2. The first-order valence-electron chi connectivity index (χ1n) is 1.39. The average molecular weight is 100 g/mol. The van der Waals surface area contributed by atoms with Crippen LogP contribution in [0.1, 0.15) is 1.43 Å². The molecule has 0 spiro atoms. The van der Waals surface area contributed by atoms with Crippen LogP contribution >= 0.6 is 0 Å². The van der Waals surface area contributed by atoms with Crippen molar-refractivity contribution in [1.82, 2.24) is 0 Å². The Labute approximate surface area is 61.6 Å². The van der Waals surface area contributed by atoms with Crippen LogP contribution in [0.2, 0.25) is 0 Å². The van der Waals surface area contributed by atoms with Crippen LogP contribution in [0.5, 0.6) is 0 Å². The maximum Gasteiger partial charge on any atom is 1.00 e. The summed E-state index contributed by atoms with van der Waals surface area (Å²) in [6, 6.07) is 0. The molecule has 0 aliphatic rings. The molecule has 0 aromatic rings. The summed E-state index contributed by atoms with van der Waals surface area (Å²) in [6.07, 6.45) is 0. The van der Waals surface area contributed by atoms with Crippen LogP contribution in [0.15, 0.2) is 0 Å². The van der Waals surface area contributed by atoms with Gasteiger partial charge in [-0.05, 0) is 0 Å². The van der Waals surface area contributed by atoms with Crippen molar-refractivity contribution in [3.63, 3.8) is 0 Å². The Hall–Kier alpha value is 0.920. The largest absolute Gasteiger partial charge is 1.00 e. The minimum absolute atomic E-state index is 0. The Balaban J connectivity index is -0.0000000800. The summed E-state index contributed by atoms with van der Waals surface area (Å²) >= 11 is 0. The van der Waals surface area contributed by atoms with Gasteiger partial charge in [-0.25, -0.2) is 0 Å². The standard InChI is InChI=1S/C3H8O2.Na.H/c1-4-3-5-2;;/h3H2,1-2H3;;/q;+1;-1. The second kappa shape index (κ2) is 9.33. The van der Waals surface area contributed by atoms with Crippen LogP contribution in [0.25, 0.3) is 0 Å². The van der Waals surface area contributed by atoms with Crippen molar-refractivity contribution in [3.05, 3.63) is 0 Å². The monoisotopic (exact) mass is 100 g/mol. The van der Waals surface area contributed by atoms with Gasteiger partial charge in [-0.3, -0.25) is 0 Å². The molecule has 0 aliphatic heterocycles. The predicted octanol–water partition coefficient (Wildman–Crippen LogP) is -2.65. The van der Waals surface area contributed by atoms with Crippen molar-refractivity contribution in [1.29, 1.82) is 0 Å². The van der Waals surface area contributed by atoms with Gasteiger partial charge < -0.3 is 10.9 Å². The summed E-state index contributed by atoms with van der Waals surface area (Å²) in [5.74, 6) is 0. The first-order chi connectivity index (χ1) is 2.41. The number of rotatable bonds is 2. The molecular weight excluding hydrogens is 91.0 g/mol. The summed E-state index contributed by atoms with van der Waals surface area (Å²) in [5.41, 5.74) is 0. The first kappa shape index (κ1) is 10.0. The van der Waals surface area contributed by atoms with Crippen molar-refractivity contribution in [2.75, 3.05) is 21.0 Å². The Morgan fingerprint density at radius 1 is 1.33 bits per heavy atom. The number of hydrogen-bond donors (Lipinski definition) is 0. The van der Waals surface area contributed by atoms with Crippen LogP contribution < -0.4 is 29.6 Å². The van der Waals surface area contributed by atoms with E-state index in [1.165, 1.54) is 0 Å². The molecule has 0 saturated heterocycles. The summed E-state index contributed by atoms with van der Waals surface area (Å²) in [6.45, 7) is 0.389. The van der Waals surface area contributed by atoms with Crippen molar-refractivity contribution in [2.45, 2.75) is 0 Å². The van der Waals surface area contributed by atoms with Crippen LogP contribution in [0.4, 0.5) is 0 Å². The van der Waals surface area contributed by atoms with E-state index in [0.717, 1.165) is 0 Å². The molecule has 0 aromatic heterocycles. The molecule has 0 heterocycles. The van der Waals surface area contributed by atoms with E-state index in [2.05, 4.69) is 9.47 Å². The third-order valence-corrected chi connectivity index (χ3v) is 0.236. The van der Waals surface area contributed by atoms with Crippen molar-refractivity contribution in [2.24, 2.45) is 0 Å². The van der Waals surface area contributed by atoms with E-state index in [1.807, 2.05) is 0 Å². The quantitative estimate of drug-likeness (QED) is 0.279. The molecule has 3 heteroatoms. The number of ether oxygens (including phenoxy) is 2. The second-order valence-corrected chi connectivity index (χ2v) is 0.695. The van der Waals surface area contributed by atoms with Gasteiger partial charge in [-0.2, -0.15) is 0 Å². The molecule has 0 bridgehead atoms. The average Bonchev–Trinajstić information content (AvgIpc) is 1.41. The maximum absolute atomic E-state index is 4.47. The molecule has 0 aliphatic carbocycles. The first-order valence-corrected chi connectivity index (χ1v) is 1.39. The smallest absolute Gasteiger partial charge is 1.00 e. The third kappa shape index (κ3) is 8.87. The fourth-order valence-corrected chi connectivity index (χ4v) is 0.118. The van der Waals surface area contributed by atoms with Gasteiger partial charge in [0, 0.05) is 14.2 Å². The van der Waals surface area contributed by atoms with E-state index in [-0.39, 0.29) is 31.0 Å². The van der Waals surface area contributed by atoms with E-state index in [9.17, 15) is 0 Å². The Kier molecular flexibility index (Phi) is 15.6. The molecule has 6 heavy (non-hydrogen) atoms. The second-order valence-electron chi connectivity index (χ2n) is 0.695. The van der Waals surface area contributed by atoms with Crippen LogP contribution in [0.3, 0.4) is 0 Å². The fourth-order valence-electron chi connectivity index (χ4n) is 0.118. The van der Waals surface area contributed by atoms with E-state index in [4.69, 9.17) is 0 Å². The molecule has 0 saturated carbocycles. The third-order valence-electron chi connectivity index (χ3n) is 0.236. The zero-order chi connectivity index (χ0) is 4.12. The molecule has 0 N–H and O–H groups in total. The summed E-state index contributed by atoms with van der Waals surface area (Å²) < 4.78 is 8.94. The fraction of sp³-hybridized carbons (Fsp3) is 1.00. The normalized spacial score (nSPS) is 7.00. The van der Waals surface area contributed by atoms with Gasteiger partial charge >= 0.3 is 29.6 Å². The zero-order valence-electron chi connectivity index (χ0n) is 5.52. The molecule has 0 rings (SSSR count). The molecule has 0 unspecified atom stereocenters. The van der Waals surface area contributed by atoms with E-state index in [1.54, 1.807) is 14.2 Å². The van der Waals surface area contributed by atoms with Gasteiger partial charge in [0.1, 0.15) is 6.79 Å². The number of methoxy groups -OCH3 is 2. The predicted molar refractivity (Wildman–Crippen MR) is 20.0 cm³/mol. The van der Waals surface area contributed by atoms with E-state index >= 15 is 0 Å². The maximum atomic E-state index is 4.47. The molecule has 0 fully saturated rings. The van der Waals surface area contributed by atoms with Crippen LogP contribution in [0, 0.1) is 0 Å². The molecule has 0 aromatic carbocycles. The molecule has 0 amide bonds. The molecule has 0 atom stereocenters. The van der Waals surface area contributed by atoms with Gasteiger partial charge in [0.25, 0.3) is 0 Å². The minimum Gasteiger partial charge on any atom is -1.00 e. The minimum atomic E-state index is 0. The Morgan fingerprint density at radius 3 is 1.67 bits per heavy atom. The molecule has 2 nitrogen and oxygen atoms in total. The zero-order valence-corrected chi connectivity index (χ0v) is 6.52.